The molecule has 0 spiro atoms. The summed E-state index contributed by atoms with van der Waals surface area (Å²) in [6.07, 6.45) is 2.54. The van der Waals surface area contributed by atoms with E-state index < -0.39 is 10.8 Å². The Balaban J connectivity index is 2.55. The first-order valence-electron chi connectivity index (χ1n) is 5.05. The molecule has 1 heterocycles. The minimum absolute atomic E-state index is 0.217. The van der Waals surface area contributed by atoms with Crippen molar-refractivity contribution in [2.24, 2.45) is 0 Å². The molecule has 1 aromatic heterocycles. The first kappa shape index (κ1) is 13.4. The van der Waals surface area contributed by atoms with E-state index in [9.17, 15) is 4.21 Å². The van der Waals surface area contributed by atoms with Crippen molar-refractivity contribution in [3.63, 3.8) is 0 Å². The summed E-state index contributed by atoms with van der Waals surface area (Å²) in [5.74, 6) is 2.04. The van der Waals surface area contributed by atoms with Gasteiger partial charge in [0.05, 0.1) is 0 Å². The molecule has 1 rings (SSSR count). The van der Waals surface area contributed by atoms with Crippen LogP contribution in [0.5, 0.6) is 0 Å². The quantitative estimate of drug-likeness (QED) is 0.824. The molecule has 0 bridgehead atoms. The van der Waals surface area contributed by atoms with Crippen LogP contribution in [0.2, 0.25) is 5.15 Å². The van der Waals surface area contributed by atoms with Gasteiger partial charge in [0.15, 0.2) is 0 Å². The van der Waals surface area contributed by atoms with E-state index >= 15 is 0 Å². The van der Waals surface area contributed by atoms with Gasteiger partial charge in [0.25, 0.3) is 0 Å². The van der Waals surface area contributed by atoms with Crippen LogP contribution in [0.15, 0.2) is 6.07 Å². The summed E-state index contributed by atoms with van der Waals surface area (Å²) in [5, 5.41) is 3.64. The molecule has 0 aliphatic carbocycles. The van der Waals surface area contributed by atoms with Gasteiger partial charge in [0, 0.05) is 34.9 Å². The predicted octanol–water partition coefficient (Wildman–Crippen LogP) is 2.01. The lowest BCUT2D eigenvalue weighted by Gasteiger charge is -2.13. The summed E-state index contributed by atoms with van der Waals surface area (Å²) >= 11 is 5.82. The van der Waals surface area contributed by atoms with Crippen molar-refractivity contribution >= 4 is 28.2 Å². The van der Waals surface area contributed by atoms with Gasteiger partial charge in [-0.1, -0.05) is 11.6 Å². The zero-order valence-electron chi connectivity index (χ0n) is 9.66. The van der Waals surface area contributed by atoms with Crippen molar-refractivity contribution in [2.75, 3.05) is 17.3 Å². The molecule has 0 aromatic carbocycles. The standard InChI is InChI=1S/C10H16ClN3OS/c1-7(4-5-16(3)15)12-10-6-9(11)13-8(2)14-10/h6-7H,4-5H2,1-3H3,(H,12,13,14). The Bertz CT molecular complexity index is 366. The van der Waals surface area contributed by atoms with Crippen molar-refractivity contribution < 1.29 is 4.21 Å². The van der Waals surface area contributed by atoms with E-state index in [0.717, 1.165) is 6.42 Å². The average Bonchev–Trinajstić information content (AvgIpc) is 2.12. The van der Waals surface area contributed by atoms with E-state index in [-0.39, 0.29) is 6.04 Å². The number of nitrogens with one attached hydrogen (secondary N) is 1. The zero-order chi connectivity index (χ0) is 12.1. The third-order valence-corrected chi connectivity index (χ3v) is 3.04. The molecule has 2 unspecified atom stereocenters. The smallest absolute Gasteiger partial charge is 0.134 e. The van der Waals surface area contributed by atoms with E-state index in [1.54, 1.807) is 19.2 Å². The summed E-state index contributed by atoms with van der Waals surface area (Å²) in [5.41, 5.74) is 0. The Morgan fingerprint density at radius 3 is 2.81 bits per heavy atom. The van der Waals surface area contributed by atoms with Gasteiger partial charge >= 0.3 is 0 Å². The first-order chi connectivity index (χ1) is 7.47. The topological polar surface area (TPSA) is 54.9 Å². The molecule has 0 aliphatic rings. The number of hydrogen-bond donors (Lipinski definition) is 1. The highest BCUT2D eigenvalue weighted by Gasteiger charge is 2.05. The maximum atomic E-state index is 10.9. The molecule has 0 amide bonds. The fraction of sp³-hybridized carbons (Fsp3) is 0.600. The Morgan fingerprint density at radius 2 is 2.25 bits per heavy atom. The molecule has 0 saturated heterocycles. The van der Waals surface area contributed by atoms with E-state index in [0.29, 0.717) is 22.5 Å². The van der Waals surface area contributed by atoms with E-state index in [2.05, 4.69) is 15.3 Å². The molecule has 6 heteroatoms. The molecular formula is C10H16ClN3OS. The van der Waals surface area contributed by atoms with Crippen LogP contribution in [0, 0.1) is 6.92 Å². The normalized spacial score (nSPS) is 14.5. The lowest BCUT2D eigenvalue weighted by Crippen LogP contribution is -2.19. The van der Waals surface area contributed by atoms with Gasteiger partial charge in [-0.25, -0.2) is 9.97 Å². The van der Waals surface area contributed by atoms with Crippen LogP contribution < -0.4 is 5.32 Å². The van der Waals surface area contributed by atoms with E-state index in [1.165, 1.54) is 0 Å². The lowest BCUT2D eigenvalue weighted by molar-refractivity contribution is 0.678. The van der Waals surface area contributed by atoms with Crippen molar-refractivity contribution in [1.29, 1.82) is 0 Å². The second kappa shape index (κ2) is 6.15. The largest absolute Gasteiger partial charge is 0.367 e. The SMILES string of the molecule is Cc1nc(Cl)cc(NC(C)CCS(C)=O)n1. The molecule has 90 valence electrons. The summed E-state index contributed by atoms with van der Waals surface area (Å²) in [6, 6.07) is 1.91. The van der Waals surface area contributed by atoms with Crippen LogP contribution in [-0.4, -0.2) is 32.2 Å². The number of nitrogens with zero attached hydrogens (tertiary/aromatic N) is 2. The number of anilines is 1. The van der Waals surface area contributed by atoms with Gasteiger partial charge < -0.3 is 5.32 Å². The summed E-state index contributed by atoms with van der Waals surface area (Å²) in [4.78, 5) is 8.20. The molecule has 0 fully saturated rings. The van der Waals surface area contributed by atoms with Gasteiger partial charge in [0.2, 0.25) is 0 Å². The number of hydrogen-bond acceptors (Lipinski definition) is 4. The maximum Gasteiger partial charge on any atom is 0.134 e. The van der Waals surface area contributed by atoms with Crippen molar-refractivity contribution in [1.82, 2.24) is 9.97 Å². The summed E-state index contributed by atoms with van der Waals surface area (Å²) in [6.45, 7) is 3.82. The highest BCUT2D eigenvalue weighted by atomic mass is 35.5. The van der Waals surface area contributed by atoms with Gasteiger partial charge in [-0.05, 0) is 20.3 Å². The molecule has 1 N–H and O–H groups in total. The molecular weight excluding hydrogens is 246 g/mol. The van der Waals surface area contributed by atoms with Gasteiger partial charge in [0.1, 0.15) is 16.8 Å². The number of aromatic nitrogens is 2. The van der Waals surface area contributed by atoms with Crippen LogP contribution in [0.25, 0.3) is 0 Å². The van der Waals surface area contributed by atoms with Crippen LogP contribution in [0.4, 0.5) is 5.82 Å². The molecule has 2 atom stereocenters. The van der Waals surface area contributed by atoms with Crippen LogP contribution in [-0.2, 0) is 10.8 Å². The Kier molecular flexibility index (Phi) is 5.15. The van der Waals surface area contributed by atoms with Crippen LogP contribution in [0.1, 0.15) is 19.2 Å². The van der Waals surface area contributed by atoms with Crippen molar-refractivity contribution in [3.05, 3.63) is 17.0 Å². The summed E-state index contributed by atoms with van der Waals surface area (Å²) in [7, 11) is -0.752. The van der Waals surface area contributed by atoms with Gasteiger partial charge in [-0.2, -0.15) is 0 Å². The monoisotopic (exact) mass is 261 g/mol. The minimum atomic E-state index is -0.752. The van der Waals surface area contributed by atoms with Crippen LogP contribution >= 0.6 is 11.6 Å². The molecule has 4 nitrogen and oxygen atoms in total. The molecule has 1 aromatic rings. The fourth-order valence-electron chi connectivity index (χ4n) is 1.27. The van der Waals surface area contributed by atoms with E-state index in [4.69, 9.17) is 11.6 Å². The first-order valence-corrected chi connectivity index (χ1v) is 7.15. The van der Waals surface area contributed by atoms with Gasteiger partial charge in [-0.15, -0.1) is 0 Å². The molecule has 0 aliphatic heterocycles. The third-order valence-electron chi connectivity index (χ3n) is 2.04. The predicted molar refractivity (Wildman–Crippen MR) is 68.4 cm³/mol. The second-order valence-electron chi connectivity index (χ2n) is 3.73. The highest BCUT2D eigenvalue weighted by Crippen LogP contribution is 2.12. The second-order valence-corrected chi connectivity index (χ2v) is 5.68. The number of aryl methyl sites for hydroxylation is 1. The molecule has 16 heavy (non-hydrogen) atoms. The number of rotatable bonds is 5. The molecule has 0 saturated carbocycles. The van der Waals surface area contributed by atoms with E-state index in [1.807, 2.05) is 6.92 Å². The highest BCUT2D eigenvalue weighted by molar-refractivity contribution is 7.84. The Labute approximate surface area is 103 Å². The molecule has 0 radical (unpaired) electrons. The Hall–Kier alpha value is -0.680. The maximum absolute atomic E-state index is 10.9. The minimum Gasteiger partial charge on any atom is -0.367 e. The Morgan fingerprint density at radius 1 is 1.56 bits per heavy atom. The van der Waals surface area contributed by atoms with Crippen molar-refractivity contribution in [2.45, 2.75) is 26.3 Å². The zero-order valence-corrected chi connectivity index (χ0v) is 11.2. The number of halogens is 1. The lowest BCUT2D eigenvalue weighted by atomic mass is 10.2. The third kappa shape index (κ3) is 4.90. The van der Waals surface area contributed by atoms with Crippen molar-refractivity contribution in [3.8, 4) is 0 Å². The van der Waals surface area contributed by atoms with Gasteiger partial charge in [-0.3, -0.25) is 4.21 Å². The fourth-order valence-corrected chi connectivity index (χ4v) is 2.18. The van der Waals surface area contributed by atoms with Crippen LogP contribution in [0.3, 0.4) is 0 Å². The average molecular weight is 262 g/mol. The summed E-state index contributed by atoms with van der Waals surface area (Å²) < 4.78 is 10.9.